The topological polar surface area (TPSA) is 108 Å². The molecule has 0 aromatic carbocycles. The lowest BCUT2D eigenvalue weighted by Gasteiger charge is -2.24. The number of phosphoric ester groups is 1. The fourth-order valence-corrected chi connectivity index (χ4v) is 6.71. The monoisotopic (exact) mass is 787 g/mol. The summed E-state index contributed by atoms with van der Waals surface area (Å²) in [4.78, 5) is 35.3. The second kappa shape index (κ2) is 37.1. The summed E-state index contributed by atoms with van der Waals surface area (Å²) in [6.45, 7) is 4.37. The van der Waals surface area contributed by atoms with Gasteiger partial charge in [0.1, 0.15) is 19.8 Å². The first-order valence-corrected chi connectivity index (χ1v) is 23.6. The summed E-state index contributed by atoms with van der Waals surface area (Å²) < 4.78 is 34.2. The number of rotatable bonds is 40. The molecule has 9 nitrogen and oxygen atoms in total. The van der Waals surface area contributed by atoms with Gasteiger partial charge in [-0.2, -0.15) is 0 Å². The van der Waals surface area contributed by atoms with E-state index < -0.39 is 32.5 Å². The number of esters is 2. The molecule has 0 heterocycles. The standard InChI is InChI=1S/C44H84NO8P/c1-6-8-10-12-14-16-18-20-22-24-26-28-30-32-34-36-43(46)50-40-42(41-52-54(48,49)51-39-38-45(3,4)5)53-44(47)37-35-33-31-29-27-25-23-21-19-17-15-13-11-9-7-2/h24,26,31,33,42H,6-23,25,27-30,32,34-41H2,1-5H3/p+1/b26-24+,33-31+/t42-/m1/s1. The molecule has 0 spiro atoms. The van der Waals surface area contributed by atoms with E-state index in [9.17, 15) is 19.0 Å². The predicted octanol–water partition coefficient (Wildman–Crippen LogP) is 12.4. The molecular weight excluding hydrogens is 701 g/mol. The van der Waals surface area contributed by atoms with Gasteiger partial charge in [-0.1, -0.05) is 154 Å². The molecule has 0 aromatic heterocycles. The van der Waals surface area contributed by atoms with Gasteiger partial charge in [-0.3, -0.25) is 18.6 Å². The minimum atomic E-state index is -4.38. The van der Waals surface area contributed by atoms with E-state index in [1.54, 1.807) is 0 Å². The normalized spacial score (nSPS) is 13.8. The molecule has 0 aliphatic carbocycles. The Bertz CT molecular complexity index is 980. The lowest BCUT2D eigenvalue weighted by molar-refractivity contribution is -0.870. The van der Waals surface area contributed by atoms with Crippen molar-refractivity contribution in [3.05, 3.63) is 24.3 Å². The summed E-state index contributed by atoms with van der Waals surface area (Å²) in [5.74, 6) is -0.869. The van der Waals surface area contributed by atoms with Crippen LogP contribution in [-0.2, 0) is 32.7 Å². The first kappa shape index (κ1) is 52.5. The highest BCUT2D eigenvalue weighted by Crippen LogP contribution is 2.43. The Kier molecular flexibility index (Phi) is 36.1. The van der Waals surface area contributed by atoms with Crippen LogP contribution in [0.2, 0.25) is 0 Å². The second-order valence-electron chi connectivity index (χ2n) is 16.1. The number of allylic oxidation sites excluding steroid dienone is 4. The molecule has 0 aromatic rings. The van der Waals surface area contributed by atoms with Crippen LogP contribution in [0.5, 0.6) is 0 Å². The third-order valence-corrected chi connectivity index (χ3v) is 10.5. The van der Waals surface area contributed by atoms with Crippen molar-refractivity contribution < 1.29 is 42.1 Å². The predicted molar refractivity (Wildman–Crippen MR) is 224 cm³/mol. The fourth-order valence-electron chi connectivity index (χ4n) is 5.97. The van der Waals surface area contributed by atoms with Crippen molar-refractivity contribution in [2.75, 3.05) is 47.5 Å². The van der Waals surface area contributed by atoms with Gasteiger partial charge in [0, 0.05) is 12.8 Å². The van der Waals surface area contributed by atoms with Crippen molar-refractivity contribution in [1.82, 2.24) is 0 Å². The number of carbonyl (C=O) groups is 2. The van der Waals surface area contributed by atoms with Crippen molar-refractivity contribution in [3.63, 3.8) is 0 Å². The third-order valence-electron chi connectivity index (χ3n) is 9.47. The number of hydrogen-bond donors (Lipinski definition) is 1. The fraction of sp³-hybridized carbons (Fsp3) is 0.864. The van der Waals surface area contributed by atoms with Crippen LogP contribution in [0.15, 0.2) is 24.3 Å². The minimum Gasteiger partial charge on any atom is -0.462 e. The lowest BCUT2D eigenvalue weighted by Crippen LogP contribution is -2.37. The van der Waals surface area contributed by atoms with Gasteiger partial charge in [0.15, 0.2) is 6.10 Å². The number of nitrogens with zero attached hydrogens (tertiary/aromatic N) is 1. The third kappa shape index (κ3) is 40.2. The summed E-state index contributed by atoms with van der Waals surface area (Å²) in [6, 6.07) is 0. The Morgan fingerprint density at radius 3 is 1.44 bits per heavy atom. The highest BCUT2D eigenvalue weighted by molar-refractivity contribution is 7.47. The van der Waals surface area contributed by atoms with Crippen molar-refractivity contribution in [2.45, 2.75) is 200 Å². The number of quaternary nitrogens is 1. The molecule has 0 saturated heterocycles. The summed E-state index contributed by atoms with van der Waals surface area (Å²) >= 11 is 0. The van der Waals surface area contributed by atoms with E-state index in [1.165, 1.54) is 116 Å². The number of phosphoric acid groups is 1. The van der Waals surface area contributed by atoms with E-state index in [4.69, 9.17) is 18.5 Å². The van der Waals surface area contributed by atoms with Gasteiger partial charge >= 0.3 is 19.8 Å². The second-order valence-corrected chi connectivity index (χ2v) is 17.5. The molecule has 318 valence electrons. The summed E-state index contributed by atoms with van der Waals surface area (Å²) in [5, 5.41) is 0. The van der Waals surface area contributed by atoms with E-state index in [-0.39, 0.29) is 26.1 Å². The number of likely N-dealkylation sites (N-methyl/N-ethyl adjacent to an activating group) is 1. The van der Waals surface area contributed by atoms with Crippen LogP contribution in [0.25, 0.3) is 0 Å². The van der Waals surface area contributed by atoms with E-state index >= 15 is 0 Å². The molecular formula is C44H85NO8P+. The molecule has 1 unspecified atom stereocenters. The molecule has 0 saturated carbocycles. The molecule has 0 rings (SSSR count). The number of ether oxygens (including phenoxy) is 2. The zero-order valence-electron chi connectivity index (χ0n) is 35.7. The molecule has 54 heavy (non-hydrogen) atoms. The van der Waals surface area contributed by atoms with E-state index in [0.717, 1.165) is 38.5 Å². The Morgan fingerprint density at radius 1 is 0.556 bits per heavy atom. The molecule has 10 heteroatoms. The Balaban J connectivity index is 4.41. The van der Waals surface area contributed by atoms with Crippen molar-refractivity contribution in [1.29, 1.82) is 0 Å². The largest absolute Gasteiger partial charge is 0.472 e. The van der Waals surface area contributed by atoms with Gasteiger partial charge in [-0.05, 0) is 51.4 Å². The molecule has 0 aliphatic rings. The van der Waals surface area contributed by atoms with Gasteiger partial charge in [-0.15, -0.1) is 0 Å². The summed E-state index contributed by atoms with van der Waals surface area (Å²) in [5.41, 5.74) is 0. The number of unbranched alkanes of at least 4 members (excludes halogenated alkanes) is 22. The first-order valence-electron chi connectivity index (χ1n) is 22.1. The Morgan fingerprint density at radius 2 is 0.981 bits per heavy atom. The Hall–Kier alpha value is -1.51. The van der Waals surface area contributed by atoms with E-state index in [2.05, 4.69) is 32.1 Å². The zero-order chi connectivity index (χ0) is 40.0. The zero-order valence-corrected chi connectivity index (χ0v) is 36.6. The Labute approximate surface area is 332 Å². The van der Waals surface area contributed by atoms with Gasteiger partial charge in [0.2, 0.25) is 0 Å². The van der Waals surface area contributed by atoms with Crippen LogP contribution < -0.4 is 0 Å². The average Bonchev–Trinajstić information content (AvgIpc) is 3.12. The van der Waals surface area contributed by atoms with Gasteiger partial charge in [-0.25, -0.2) is 4.57 Å². The maximum atomic E-state index is 12.6. The van der Waals surface area contributed by atoms with Crippen LogP contribution in [0.3, 0.4) is 0 Å². The SMILES string of the molecule is CCCCCCCCCC/C=C/CCCCCC(=O)OC[C@H](COP(=O)(O)OCC[N+](C)(C)C)OC(=O)CC/C=C/CCCCCCCCCCCCC. The van der Waals surface area contributed by atoms with Crippen molar-refractivity contribution in [3.8, 4) is 0 Å². The van der Waals surface area contributed by atoms with Gasteiger partial charge in [0.05, 0.1) is 27.7 Å². The highest BCUT2D eigenvalue weighted by Gasteiger charge is 2.27. The molecule has 0 aliphatic heterocycles. The molecule has 1 N–H and O–H groups in total. The first-order chi connectivity index (χ1) is 26.0. The number of carbonyl (C=O) groups excluding carboxylic acids is 2. The van der Waals surface area contributed by atoms with Gasteiger partial charge < -0.3 is 18.9 Å². The molecule has 0 radical (unpaired) electrons. The molecule has 0 amide bonds. The van der Waals surface area contributed by atoms with Crippen LogP contribution in [0, 0.1) is 0 Å². The summed E-state index contributed by atoms with van der Waals surface area (Å²) in [7, 11) is 1.45. The molecule has 0 fully saturated rings. The number of hydrogen-bond acceptors (Lipinski definition) is 7. The lowest BCUT2D eigenvalue weighted by atomic mass is 10.1. The van der Waals surface area contributed by atoms with Crippen LogP contribution >= 0.6 is 7.82 Å². The molecule has 2 atom stereocenters. The van der Waals surface area contributed by atoms with Crippen LogP contribution in [0.1, 0.15) is 194 Å². The molecule has 0 bridgehead atoms. The van der Waals surface area contributed by atoms with E-state index in [1.807, 2.05) is 27.2 Å². The van der Waals surface area contributed by atoms with E-state index in [0.29, 0.717) is 23.9 Å². The van der Waals surface area contributed by atoms with Crippen LogP contribution in [-0.4, -0.2) is 74.9 Å². The quantitative estimate of drug-likeness (QED) is 0.0215. The maximum absolute atomic E-state index is 12.6. The summed E-state index contributed by atoms with van der Waals surface area (Å²) in [6.07, 6.45) is 39.5. The smallest absolute Gasteiger partial charge is 0.462 e. The highest BCUT2D eigenvalue weighted by atomic mass is 31.2. The van der Waals surface area contributed by atoms with Crippen LogP contribution in [0.4, 0.5) is 0 Å². The van der Waals surface area contributed by atoms with Crippen molar-refractivity contribution in [2.24, 2.45) is 0 Å². The van der Waals surface area contributed by atoms with Crippen molar-refractivity contribution >= 4 is 19.8 Å². The maximum Gasteiger partial charge on any atom is 0.472 e. The van der Waals surface area contributed by atoms with Gasteiger partial charge in [0.25, 0.3) is 0 Å². The average molecular weight is 787 g/mol. The minimum absolute atomic E-state index is 0.0251.